The summed E-state index contributed by atoms with van der Waals surface area (Å²) in [5.74, 6) is -0.0442. The lowest BCUT2D eigenvalue weighted by atomic mass is 9.90. The molecule has 3 rings (SSSR count). The standard InChI is InChI=1S/C20H23FN2O4/c1-13(2)27-17-9-8-16(10-22-17)23-19(24)20(3)11-25-18(26-12-20)14-4-6-15(21)7-5-14/h4-10,13,18H,11-12H2,1-3H3,(H,23,24). The highest BCUT2D eigenvalue weighted by Gasteiger charge is 2.40. The second kappa shape index (κ2) is 8.02. The molecule has 1 saturated heterocycles. The predicted molar refractivity (Wildman–Crippen MR) is 97.8 cm³/mol. The Kier molecular flexibility index (Phi) is 5.72. The van der Waals surface area contributed by atoms with E-state index in [1.807, 2.05) is 13.8 Å². The van der Waals surface area contributed by atoms with Crippen LogP contribution in [-0.2, 0) is 14.3 Å². The van der Waals surface area contributed by atoms with E-state index in [0.29, 0.717) is 17.1 Å². The van der Waals surface area contributed by atoms with Crippen molar-refractivity contribution in [3.05, 3.63) is 54.0 Å². The normalized spacial score (nSPS) is 22.5. The summed E-state index contributed by atoms with van der Waals surface area (Å²) >= 11 is 0. The quantitative estimate of drug-likeness (QED) is 0.864. The molecule has 0 bridgehead atoms. The topological polar surface area (TPSA) is 69.7 Å². The highest BCUT2D eigenvalue weighted by Crippen LogP contribution is 2.32. The zero-order valence-electron chi connectivity index (χ0n) is 15.6. The molecule has 0 radical (unpaired) electrons. The molecule has 1 N–H and O–H groups in total. The third-order valence-electron chi connectivity index (χ3n) is 4.15. The number of nitrogens with zero attached hydrogens (tertiary/aromatic N) is 1. The van der Waals surface area contributed by atoms with E-state index in [1.54, 1.807) is 37.4 Å². The SMILES string of the molecule is CC(C)Oc1ccc(NC(=O)C2(C)COC(c3ccc(F)cc3)OC2)cn1. The summed E-state index contributed by atoms with van der Waals surface area (Å²) < 4.78 is 29.9. The lowest BCUT2D eigenvalue weighted by molar-refractivity contribution is -0.226. The van der Waals surface area contributed by atoms with Crippen molar-refractivity contribution in [3.8, 4) is 5.88 Å². The number of rotatable bonds is 5. The van der Waals surface area contributed by atoms with Gasteiger partial charge in [0.15, 0.2) is 6.29 Å². The van der Waals surface area contributed by atoms with E-state index in [4.69, 9.17) is 14.2 Å². The summed E-state index contributed by atoms with van der Waals surface area (Å²) in [6.45, 7) is 5.97. The lowest BCUT2D eigenvalue weighted by Crippen LogP contribution is -2.45. The number of pyridine rings is 1. The highest BCUT2D eigenvalue weighted by molar-refractivity contribution is 5.95. The fourth-order valence-corrected chi connectivity index (χ4v) is 2.60. The Morgan fingerprint density at radius 1 is 1.22 bits per heavy atom. The maximum absolute atomic E-state index is 13.0. The van der Waals surface area contributed by atoms with Gasteiger partial charge in [0.05, 0.1) is 36.6 Å². The Morgan fingerprint density at radius 2 is 1.89 bits per heavy atom. The van der Waals surface area contributed by atoms with E-state index < -0.39 is 11.7 Å². The predicted octanol–water partition coefficient (Wildman–Crippen LogP) is 3.70. The second-order valence-corrected chi connectivity index (χ2v) is 7.07. The molecule has 1 fully saturated rings. The molecule has 1 amide bonds. The third kappa shape index (κ3) is 4.81. The molecule has 0 saturated carbocycles. The van der Waals surface area contributed by atoms with Gasteiger partial charge in [-0.2, -0.15) is 0 Å². The van der Waals surface area contributed by atoms with Gasteiger partial charge in [0.1, 0.15) is 5.82 Å². The molecule has 7 heteroatoms. The van der Waals surface area contributed by atoms with Crippen LogP contribution in [-0.4, -0.2) is 30.2 Å². The summed E-state index contributed by atoms with van der Waals surface area (Å²) in [4.78, 5) is 16.8. The molecular weight excluding hydrogens is 351 g/mol. The molecule has 2 heterocycles. The van der Waals surface area contributed by atoms with Crippen molar-refractivity contribution in [3.63, 3.8) is 0 Å². The first kappa shape index (κ1) is 19.3. The van der Waals surface area contributed by atoms with Crippen molar-refractivity contribution in [1.29, 1.82) is 0 Å². The Labute approximate surface area is 157 Å². The number of amides is 1. The molecule has 1 aromatic carbocycles. The fraction of sp³-hybridized carbons (Fsp3) is 0.400. The van der Waals surface area contributed by atoms with Gasteiger partial charge in [-0.05, 0) is 39.0 Å². The molecule has 0 spiro atoms. The van der Waals surface area contributed by atoms with Gasteiger partial charge in [-0.25, -0.2) is 9.37 Å². The van der Waals surface area contributed by atoms with Gasteiger partial charge in [-0.3, -0.25) is 4.79 Å². The molecule has 0 aliphatic carbocycles. The van der Waals surface area contributed by atoms with Crippen LogP contribution in [0.25, 0.3) is 0 Å². The van der Waals surface area contributed by atoms with E-state index >= 15 is 0 Å². The molecule has 27 heavy (non-hydrogen) atoms. The number of carbonyl (C=O) groups is 1. The Bertz CT molecular complexity index is 770. The largest absolute Gasteiger partial charge is 0.475 e. The first-order chi connectivity index (χ1) is 12.9. The number of hydrogen-bond donors (Lipinski definition) is 1. The maximum Gasteiger partial charge on any atom is 0.235 e. The molecule has 2 aromatic rings. The summed E-state index contributed by atoms with van der Waals surface area (Å²) in [5.41, 5.74) is 0.436. The minimum absolute atomic E-state index is 0.0300. The Balaban J connectivity index is 1.58. The first-order valence-electron chi connectivity index (χ1n) is 8.78. The van der Waals surface area contributed by atoms with Crippen LogP contribution in [0.15, 0.2) is 42.6 Å². The third-order valence-corrected chi connectivity index (χ3v) is 4.15. The Morgan fingerprint density at radius 3 is 2.44 bits per heavy atom. The number of benzene rings is 1. The number of anilines is 1. The van der Waals surface area contributed by atoms with Crippen molar-refractivity contribution in [2.75, 3.05) is 18.5 Å². The van der Waals surface area contributed by atoms with Crippen molar-refractivity contribution in [2.45, 2.75) is 33.2 Å². The van der Waals surface area contributed by atoms with Crippen molar-refractivity contribution in [2.24, 2.45) is 5.41 Å². The number of hydrogen-bond acceptors (Lipinski definition) is 5. The van der Waals surface area contributed by atoms with Crippen LogP contribution in [0.3, 0.4) is 0 Å². The van der Waals surface area contributed by atoms with Crippen LogP contribution in [0.4, 0.5) is 10.1 Å². The minimum Gasteiger partial charge on any atom is -0.475 e. The summed E-state index contributed by atoms with van der Waals surface area (Å²) in [7, 11) is 0. The fourth-order valence-electron chi connectivity index (χ4n) is 2.60. The number of carbonyl (C=O) groups excluding carboxylic acids is 1. The molecule has 144 valence electrons. The molecule has 1 aromatic heterocycles. The molecule has 0 unspecified atom stereocenters. The van der Waals surface area contributed by atoms with E-state index in [9.17, 15) is 9.18 Å². The van der Waals surface area contributed by atoms with E-state index in [2.05, 4.69) is 10.3 Å². The van der Waals surface area contributed by atoms with Gasteiger partial charge in [-0.15, -0.1) is 0 Å². The monoisotopic (exact) mass is 374 g/mol. The van der Waals surface area contributed by atoms with Gasteiger partial charge in [0.2, 0.25) is 11.8 Å². The van der Waals surface area contributed by atoms with Crippen molar-refractivity contribution in [1.82, 2.24) is 4.98 Å². The van der Waals surface area contributed by atoms with Crippen molar-refractivity contribution < 1.29 is 23.4 Å². The van der Waals surface area contributed by atoms with Crippen molar-refractivity contribution >= 4 is 11.6 Å². The van der Waals surface area contributed by atoms with E-state index in [1.165, 1.54) is 12.1 Å². The number of nitrogens with one attached hydrogen (secondary N) is 1. The summed E-state index contributed by atoms with van der Waals surface area (Å²) in [5, 5.41) is 2.83. The summed E-state index contributed by atoms with van der Waals surface area (Å²) in [6, 6.07) is 9.35. The van der Waals surface area contributed by atoms with Crippen LogP contribution in [0.1, 0.15) is 32.6 Å². The van der Waals surface area contributed by atoms with Crippen LogP contribution >= 0.6 is 0 Å². The number of ether oxygens (including phenoxy) is 3. The van der Waals surface area contributed by atoms with Crippen LogP contribution in [0.2, 0.25) is 0 Å². The number of aromatic nitrogens is 1. The molecular formula is C20H23FN2O4. The van der Waals surface area contributed by atoms with Gasteiger partial charge in [-0.1, -0.05) is 12.1 Å². The van der Waals surface area contributed by atoms with Gasteiger partial charge < -0.3 is 19.5 Å². The smallest absolute Gasteiger partial charge is 0.235 e. The Hall–Kier alpha value is -2.51. The highest BCUT2D eigenvalue weighted by atomic mass is 19.1. The molecule has 6 nitrogen and oxygen atoms in total. The lowest BCUT2D eigenvalue weighted by Gasteiger charge is -2.36. The molecule has 0 atom stereocenters. The molecule has 1 aliphatic rings. The summed E-state index contributed by atoms with van der Waals surface area (Å²) in [6.07, 6.45) is 0.966. The van der Waals surface area contributed by atoms with E-state index in [0.717, 1.165) is 0 Å². The van der Waals surface area contributed by atoms with Gasteiger partial charge >= 0.3 is 0 Å². The van der Waals surface area contributed by atoms with Gasteiger partial charge in [0.25, 0.3) is 0 Å². The zero-order chi connectivity index (χ0) is 19.4. The van der Waals surface area contributed by atoms with Crippen LogP contribution < -0.4 is 10.1 Å². The second-order valence-electron chi connectivity index (χ2n) is 7.07. The van der Waals surface area contributed by atoms with Crippen LogP contribution in [0, 0.1) is 11.2 Å². The minimum atomic E-state index is -0.844. The number of halogens is 1. The zero-order valence-corrected chi connectivity index (χ0v) is 15.6. The average molecular weight is 374 g/mol. The van der Waals surface area contributed by atoms with E-state index in [-0.39, 0.29) is 31.0 Å². The van der Waals surface area contributed by atoms with Crippen LogP contribution in [0.5, 0.6) is 5.88 Å². The molecule has 1 aliphatic heterocycles. The average Bonchev–Trinajstić information content (AvgIpc) is 2.64. The first-order valence-corrected chi connectivity index (χ1v) is 8.78. The van der Waals surface area contributed by atoms with Gasteiger partial charge in [0, 0.05) is 11.6 Å². The maximum atomic E-state index is 13.0.